The second-order valence-electron chi connectivity index (χ2n) is 6.76. The Balaban J connectivity index is 1.59. The highest BCUT2D eigenvalue weighted by molar-refractivity contribution is 6.30. The molecule has 0 radical (unpaired) electrons. The fourth-order valence-electron chi connectivity index (χ4n) is 3.19. The molecular weight excluding hydrogens is 404 g/mol. The maximum Gasteiger partial charge on any atom is 0.265 e. The van der Waals surface area contributed by atoms with Crippen LogP contribution in [0.25, 0.3) is 0 Å². The first-order valence-electron chi connectivity index (χ1n) is 9.30. The average molecular weight is 423 g/mol. The van der Waals surface area contributed by atoms with E-state index in [9.17, 15) is 9.59 Å². The van der Waals surface area contributed by atoms with Crippen molar-refractivity contribution in [2.45, 2.75) is 6.54 Å². The topological polar surface area (TPSA) is 67.9 Å². The van der Waals surface area contributed by atoms with Crippen LogP contribution in [0.4, 0.5) is 11.4 Å². The molecule has 1 heterocycles. The van der Waals surface area contributed by atoms with Crippen LogP contribution in [0.5, 0.6) is 11.5 Å². The predicted octanol–water partition coefficient (Wildman–Crippen LogP) is 4.53. The lowest BCUT2D eigenvalue weighted by molar-refractivity contribution is -0.121. The standard InChI is InChI=1S/C23H19ClN2O4/c1-29-19-4-2-3-16(11-19)23(28)25-18-9-10-21-20(12-18)26(22(27)14-30-21)13-15-5-7-17(24)8-6-15/h2-12H,13-14H2,1H3,(H,25,28). The zero-order valence-corrected chi connectivity index (χ0v) is 17.0. The summed E-state index contributed by atoms with van der Waals surface area (Å²) in [4.78, 5) is 26.8. The molecule has 0 saturated heterocycles. The van der Waals surface area contributed by atoms with E-state index in [1.807, 2.05) is 12.1 Å². The van der Waals surface area contributed by atoms with Crippen molar-refractivity contribution in [3.8, 4) is 11.5 Å². The van der Waals surface area contributed by atoms with Crippen LogP contribution in [0.2, 0.25) is 5.02 Å². The van der Waals surface area contributed by atoms with E-state index in [0.29, 0.717) is 40.0 Å². The smallest absolute Gasteiger partial charge is 0.265 e. The second kappa shape index (κ2) is 8.47. The lowest BCUT2D eigenvalue weighted by Crippen LogP contribution is -2.38. The van der Waals surface area contributed by atoms with Gasteiger partial charge >= 0.3 is 0 Å². The normalized spacial score (nSPS) is 12.7. The van der Waals surface area contributed by atoms with Gasteiger partial charge in [0.1, 0.15) is 11.5 Å². The Morgan fingerprint density at radius 1 is 1.13 bits per heavy atom. The lowest BCUT2D eigenvalue weighted by atomic mass is 10.1. The molecule has 1 aliphatic rings. The molecule has 1 N–H and O–H groups in total. The highest BCUT2D eigenvalue weighted by Gasteiger charge is 2.26. The van der Waals surface area contributed by atoms with Crippen LogP contribution >= 0.6 is 11.6 Å². The number of fused-ring (bicyclic) bond motifs is 1. The zero-order chi connectivity index (χ0) is 21.1. The van der Waals surface area contributed by atoms with E-state index in [-0.39, 0.29) is 18.4 Å². The van der Waals surface area contributed by atoms with Gasteiger partial charge in [-0.3, -0.25) is 9.59 Å². The minimum absolute atomic E-state index is 0.0316. The van der Waals surface area contributed by atoms with Crippen LogP contribution in [-0.2, 0) is 11.3 Å². The molecule has 4 rings (SSSR count). The van der Waals surface area contributed by atoms with Crippen molar-refractivity contribution in [3.05, 3.63) is 82.9 Å². The Bertz CT molecular complexity index is 1100. The third-order valence-corrected chi connectivity index (χ3v) is 5.00. The van der Waals surface area contributed by atoms with Crippen LogP contribution in [0.3, 0.4) is 0 Å². The van der Waals surface area contributed by atoms with Gasteiger partial charge in [0, 0.05) is 16.3 Å². The monoisotopic (exact) mass is 422 g/mol. The Labute approximate surface area is 179 Å². The molecule has 1 aliphatic heterocycles. The number of benzene rings is 3. The summed E-state index contributed by atoms with van der Waals surface area (Å²) in [6, 6.07) is 19.4. The van der Waals surface area contributed by atoms with Crippen LogP contribution in [0, 0.1) is 0 Å². The number of halogens is 1. The molecular formula is C23H19ClN2O4. The molecule has 0 aromatic heterocycles. The molecule has 0 saturated carbocycles. The SMILES string of the molecule is COc1cccc(C(=O)Nc2ccc3c(c2)N(Cc2ccc(Cl)cc2)C(=O)CO3)c1. The largest absolute Gasteiger partial charge is 0.497 e. The fraction of sp³-hybridized carbons (Fsp3) is 0.130. The van der Waals surface area contributed by atoms with E-state index in [1.165, 1.54) is 0 Å². The van der Waals surface area contributed by atoms with Crippen molar-refractivity contribution in [2.24, 2.45) is 0 Å². The van der Waals surface area contributed by atoms with Gasteiger partial charge in [0.2, 0.25) is 0 Å². The van der Waals surface area contributed by atoms with Crippen molar-refractivity contribution in [2.75, 3.05) is 23.9 Å². The summed E-state index contributed by atoms with van der Waals surface area (Å²) in [7, 11) is 1.55. The summed E-state index contributed by atoms with van der Waals surface area (Å²) < 4.78 is 10.7. The van der Waals surface area contributed by atoms with Crippen molar-refractivity contribution >= 4 is 34.8 Å². The number of rotatable bonds is 5. The zero-order valence-electron chi connectivity index (χ0n) is 16.2. The molecule has 0 spiro atoms. The minimum Gasteiger partial charge on any atom is -0.497 e. The van der Waals surface area contributed by atoms with E-state index in [4.69, 9.17) is 21.1 Å². The first-order valence-corrected chi connectivity index (χ1v) is 9.68. The van der Waals surface area contributed by atoms with E-state index in [1.54, 1.807) is 66.6 Å². The van der Waals surface area contributed by atoms with Crippen molar-refractivity contribution in [1.82, 2.24) is 0 Å². The highest BCUT2D eigenvalue weighted by atomic mass is 35.5. The molecule has 7 heteroatoms. The molecule has 152 valence electrons. The first kappa shape index (κ1) is 19.8. The van der Waals surface area contributed by atoms with Crippen molar-refractivity contribution < 1.29 is 19.1 Å². The molecule has 6 nitrogen and oxygen atoms in total. The average Bonchev–Trinajstić information content (AvgIpc) is 2.77. The van der Waals surface area contributed by atoms with Crippen LogP contribution in [0.1, 0.15) is 15.9 Å². The van der Waals surface area contributed by atoms with E-state index in [0.717, 1.165) is 5.56 Å². The van der Waals surface area contributed by atoms with Crippen molar-refractivity contribution in [3.63, 3.8) is 0 Å². The molecule has 0 unspecified atom stereocenters. The molecule has 3 aromatic rings. The van der Waals surface area contributed by atoms with Gasteiger partial charge in [-0.25, -0.2) is 0 Å². The molecule has 30 heavy (non-hydrogen) atoms. The van der Waals surface area contributed by atoms with Crippen molar-refractivity contribution in [1.29, 1.82) is 0 Å². The molecule has 0 bridgehead atoms. The number of nitrogens with one attached hydrogen (secondary N) is 1. The first-order chi connectivity index (χ1) is 14.5. The Hall–Kier alpha value is -3.51. The Kier molecular flexibility index (Phi) is 5.59. The summed E-state index contributed by atoms with van der Waals surface area (Å²) in [5.41, 5.74) is 2.56. The van der Waals surface area contributed by atoms with Gasteiger partial charge in [-0.05, 0) is 54.1 Å². The molecule has 0 atom stereocenters. The van der Waals surface area contributed by atoms with Gasteiger partial charge in [-0.2, -0.15) is 0 Å². The second-order valence-corrected chi connectivity index (χ2v) is 7.20. The van der Waals surface area contributed by atoms with E-state index >= 15 is 0 Å². The fourth-order valence-corrected chi connectivity index (χ4v) is 3.32. The number of anilines is 2. The summed E-state index contributed by atoms with van der Waals surface area (Å²) in [5.74, 6) is 0.749. The summed E-state index contributed by atoms with van der Waals surface area (Å²) in [6.45, 7) is 0.343. The number of carbonyl (C=O) groups is 2. The quantitative estimate of drug-likeness (QED) is 0.656. The van der Waals surface area contributed by atoms with Crippen LogP contribution < -0.4 is 19.7 Å². The van der Waals surface area contributed by atoms with Gasteiger partial charge in [-0.1, -0.05) is 29.8 Å². The Morgan fingerprint density at radius 3 is 2.70 bits per heavy atom. The molecule has 2 amide bonds. The van der Waals surface area contributed by atoms with Gasteiger partial charge in [-0.15, -0.1) is 0 Å². The molecule has 0 aliphatic carbocycles. The number of hydrogen-bond donors (Lipinski definition) is 1. The van der Waals surface area contributed by atoms with Gasteiger partial charge in [0.25, 0.3) is 11.8 Å². The third kappa shape index (κ3) is 4.23. The predicted molar refractivity (Wildman–Crippen MR) is 116 cm³/mol. The number of hydrogen-bond acceptors (Lipinski definition) is 4. The van der Waals surface area contributed by atoms with Gasteiger partial charge in [0.05, 0.1) is 19.3 Å². The number of ether oxygens (including phenoxy) is 2. The summed E-state index contributed by atoms with van der Waals surface area (Å²) in [5, 5.41) is 3.50. The van der Waals surface area contributed by atoms with E-state index < -0.39 is 0 Å². The van der Waals surface area contributed by atoms with Crippen LogP contribution in [-0.4, -0.2) is 25.5 Å². The van der Waals surface area contributed by atoms with Crippen LogP contribution in [0.15, 0.2) is 66.7 Å². The maximum atomic E-state index is 12.6. The molecule has 0 fully saturated rings. The van der Waals surface area contributed by atoms with Gasteiger partial charge in [0.15, 0.2) is 6.61 Å². The number of methoxy groups -OCH3 is 1. The minimum atomic E-state index is -0.277. The Morgan fingerprint density at radius 2 is 1.93 bits per heavy atom. The lowest BCUT2D eigenvalue weighted by Gasteiger charge is -2.30. The number of amides is 2. The third-order valence-electron chi connectivity index (χ3n) is 4.75. The summed E-state index contributed by atoms with van der Waals surface area (Å²) in [6.07, 6.45) is 0. The highest BCUT2D eigenvalue weighted by Crippen LogP contribution is 2.35. The van der Waals surface area contributed by atoms with E-state index in [2.05, 4.69) is 5.32 Å². The number of nitrogens with zero attached hydrogens (tertiary/aromatic N) is 1. The summed E-state index contributed by atoms with van der Waals surface area (Å²) >= 11 is 5.95. The molecule has 3 aromatic carbocycles. The van der Waals surface area contributed by atoms with Gasteiger partial charge < -0.3 is 19.7 Å². The maximum absolute atomic E-state index is 12.6. The number of carbonyl (C=O) groups excluding carboxylic acids is 2.